The predicted octanol–water partition coefficient (Wildman–Crippen LogP) is 1.29. The van der Waals surface area contributed by atoms with E-state index in [9.17, 15) is 13.2 Å². The van der Waals surface area contributed by atoms with Gasteiger partial charge in [-0.25, -0.2) is 13.1 Å². The molecule has 1 rings (SSSR count). The van der Waals surface area contributed by atoms with Gasteiger partial charge in [-0.1, -0.05) is 13.3 Å². The summed E-state index contributed by atoms with van der Waals surface area (Å²) in [6, 6.07) is -0.0419. The summed E-state index contributed by atoms with van der Waals surface area (Å²) >= 11 is 0. The summed E-state index contributed by atoms with van der Waals surface area (Å²) in [5, 5.41) is 0. The molecule has 0 radical (unpaired) electrons. The highest BCUT2D eigenvalue weighted by molar-refractivity contribution is 7.89. The maximum atomic E-state index is 11.8. The number of carbonyl (C=O) groups excluding carboxylic acids is 1. The molecule has 1 N–H and O–H groups in total. The molecule has 0 heterocycles. The van der Waals surface area contributed by atoms with Crippen molar-refractivity contribution in [3.8, 4) is 0 Å². The van der Waals surface area contributed by atoms with Crippen LogP contribution < -0.4 is 4.72 Å². The van der Waals surface area contributed by atoms with E-state index in [2.05, 4.69) is 4.72 Å². The number of esters is 1. The molecule has 1 aliphatic carbocycles. The summed E-state index contributed by atoms with van der Waals surface area (Å²) in [7, 11) is -3.28. The highest BCUT2D eigenvalue weighted by Gasteiger charge is 2.46. The van der Waals surface area contributed by atoms with Crippen LogP contribution in [0, 0.1) is 11.8 Å². The topological polar surface area (TPSA) is 72.5 Å². The molecule has 0 aliphatic heterocycles. The predicted molar refractivity (Wildman–Crippen MR) is 69.5 cm³/mol. The average Bonchev–Trinajstić information content (AvgIpc) is 2.95. The van der Waals surface area contributed by atoms with Crippen molar-refractivity contribution in [3.63, 3.8) is 0 Å². The summed E-state index contributed by atoms with van der Waals surface area (Å²) in [6.07, 6.45) is 2.39. The van der Waals surface area contributed by atoms with E-state index in [1.54, 1.807) is 6.92 Å². The highest BCUT2D eigenvalue weighted by atomic mass is 32.2. The van der Waals surface area contributed by atoms with Crippen molar-refractivity contribution in [1.82, 2.24) is 4.72 Å². The monoisotopic (exact) mass is 277 g/mol. The summed E-state index contributed by atoms with van der Waals surface area (Å²) in [4.78, 5) is 11.4. The molecular formula is C12H23NO4S. The van der Waals surface area contributed by atoms with E-state index < -0.39 is 10.0 Å². The molecule has 106 valence electrons. The zero-order valence-corrected chi connectivity index (χ0v) is 12.1. The molecule has 6 heteroatoms. The Labute approximate surface area is 109 Å². The van der Waals surface area contributed by atoms with Gasteiger partial charge in [-0.15, -0.1) is 0 Å². The molecule has 1 aliphatic rings. The van der Waals surface area contributed by atoms with Gasteiger partial charge in [0.05, 0.1) is 18.3 Å². The molecule has 0 spiro atoms. The van der Waals surface area contributed by atoms with E-state index in [1.807, 2.05) is 13.8 Å². The molecule has 3 atom stereocenters. The number of carbonyl (C=O) groups is 1. The minimum absolute atomic E-state index is 0.0323. The fourth-order valence-corrected chi connectivity index (χ4v) is 3.86. The van der Waals surface area contributed by atoms with E-state index in [4.69, 9.17) is 4.74 Å². The minimum Gasteiger partial charge on any atom is -0.466 e. The molecule has 0 aromatic carbocycles. The SMILES string of the molecule is CCCC(C)NS(=O)(=O)C[C@@H]1C[C@H]1C(=O)OCC. The molecule has 18 heavy (non-hydrogen) atoms. The number of hydrogen-bond donors (Lipinski definition) is 1. The zero-order chi connectivity index (χ0) is 13.8. The number of ether oxygens (including phenoxy) is 1. The van der Waals surface area contributed by atoms with Gasteiger partial charge in [-0.3, -0.25) is 4.79 Å². The van der Waals surface area contributed by atoms with Gasteiger partial charge in [0.2, 0.25) is 10.0 Å². The molecule has 0 aromatic heterocycles. The minimum atomic E-state index is -3.28. The Balaban J connectivity index is 2.37. The molecule has 0 amide bonds. The Kier molecular flexibility index (Phi) is 5.59. The fourth-order valence-electron chi connectivity index (χ4n) is 2.10. The number of nitrogens with one attached hydrogen (secondary N) is 1. The maximum absolute atomic E-state index is 11.8. The standard InChI is InChI=1S/C12H23NO4S/c1-4-6-9(3)13-18(15,16)8-10-7-11(10)12(14)17-5-2/h9-11,13H,4-8H2,1-3H3/t9?,10-,11+/m0/s1. The Morgan fingerprint density at radius 3 is 2.67 bits per heavy atom. The summed E-state index contributed by atoms with van der Waals surface area (Å²) in [5.74, 6) is -0.525. The van der Waals surface area contributed by atoms with Crippen LogP contribution in [0.4, 0.5) is 0 Å². The van der Waals surface area contributed by atoms with Gasteiger partial charge in [0.1, 0.15) is 0 Å². The van der Waals surface area contributed by atoms with Crippen molar-refractivity contribution >= 4 is 16.0 Å². The Bertz CT molecular complexity index is 380. The van der Waals surface area contributed by atoms with Crippen LogP contribution in [0.2, 0.25) is 0 Å². The fraction of sp³-hybridized carbons (Fsp3) is 0.917. The van der Waals surface area contributed by atoms with Gasteiger partial charge < -0.3 is 4.74 Å². The molecule has 0 aromatic rings. The third-order valence-electron chi connectivity index (χ3n) is 3.05. The van der Waals surface area contributed by atoms with Crippen LogP contribution in [-0.4, -0.2) is 32.8 Å². The van der Waals surface area contributed by atoms with Crippen LogP contribution in [0.1, 0.15) is 40.0 Å². The lowest BCUT2D eigenvalue weighted by Gasteiger charge is -2.12. The first-order chi connectivity index (χ1) is 8.39. The van der Waals surface area contributed by atoms with Gasteiger partial charge in [0.15, 0.2) is 0 Å². The number of rotatable bonds is 8. The van der Waals surface area contributed by atoms with E-state index in [0.717, 1.165) is 12.8 Å². The highest BCUT2D eigenvalue weighted by Crippen LogP contribution is 2.40. The van der Waals surface area contributed by atoms with E-state index in [-0.39, 0.29) is 29.6 Å². The van der Waals surface area contributed by atoms with Gasteiger partial charge >= 0.3 is 5.97 Å². The second kappa shape index (κ2) is 6.52. The lowest BCUT2D eigenvalue weighted by Crippen LogP contribution is -2.35. The van der Waals surface area contributed by atoms with Crippen molar-refractivity contribution < 1.29 is 17.9 Å². The van der Waals surface area contributed by atoms with Crippen molar-refractivity contribution in [1.29, 1.82) is 0 Å². The lowest BCUT2D eigenvalue weighted by molar-refractivity contribution is -0.144. The molecule has 0 bridgehead atoms. The molecule has 1 saturated carbocycles. The first-order valence-corrected chi connectivity index (χ1v) is 8.21. The maximum Gasteiger partial charge on any atom is 0.309 e. The summed E-state index contributed by atoms with van der Waals surface area (Å²) in [5.41, 5.74) is 0. The average molecular weight is 277 g/mol. The zero-order valence-electron chi connectivity index (χ0n) is 11.3. The van der Waals surface area contributed by atoms with Crippen molar-refractivity contribution in [3.05, 3.63) is 0 Å². The molecule has 5 nitrogen and oxygen atoms in total. The molecule has 0 saturated heterocycles. The van der Waals surface area contributed by atoms with Crippen molar-refractivity contribution in [2.24, 2.45) is 11.8 Å². The van der Waals surface area contributed by atoms with Gasteiger partial charge in [-0.05, 0) is 32.6 Å². The lowest BCUT2D eigenvalue weighted by atomic mass is 10.2. The quantitative estimate of drug-likeness (QED) is 0.679. The molecule has 1 fully saturated rings. The second-order valence-electron chi connectivity index (χ2n) is 4.94. The van der Waals surface area contributed by atoms with Crippen LogP contribution >= 0.6 is 0 Å². The Morgan fingerprint density at radius 2 is 2.11 bits per heavy atom. The third kappa shape index (κ3) is 4.94. The Hall–Kier alpha value is -0.620. The largest absolute Gasteiger partial charge is 0.466 e. The first kappa shape index (κ1) is 15.4. The van der Waals surface area contributed by atoms with Gasteiger partial charge in [-0.2, -0.15) is 0 Å². The van der Waals surface area contributed by atoms with Gasteiger partial charge in [0.25, 0.3) is 0 Å². The van der Waals surface area contributed by atoms with Gasteiger partial charge in [0, 0.05) is 6.04 Å². The van der Waals surface area contributed by atoms with Crippen LogP contribution in [-0.2, 0) is 19.6 Å². The van der Waals surface area contributed by atoms with Crippen LogP contribution in [0.15, 0.2) is 0 Å². The molecule has 1 unspecified atom stereocenters. The Morgan fingerprint density at radius 1 is 1.44 bits per heavy atom. The van der Waals surface area contributed by atoms with Crippen LogP contribution in [0.25, 0.3) is 0 Å². The summed E-state index contributed by atoms with van der Waals surface area (Å²) < 4.78 is 31.2. The van der Waals surface area contributed by atoms with E-state index in [1.165, 1.54) is 0 Å². The second-order valence-corrected chi connectivity index (χ2v) is 6.74. The summed E-state index contributed by atoms with van der Waals surface area (Å²) in [6.45, 7) is 5.97. The normalized spacial score (nSPS) is 24.6. The van der Waals surface area contributed by atoms with E-state index >= 15 is 0 Å². The van der Waals surface area contributed by atoms with E-state index in [0.29, 0.717) is 13.0 Å². The number of sulfonamides is 1. The first-order valence-electron chi connectivity index (χ1n) is 6.56. The third-order valence-corrected chi connectivity index (χ3v) is 4.68. The molecular weight excluding hydrogens is 254 g/mol. The van der Waals surface area contributed by atoms with Crippen LogP contribution in [0.3, 0.4) is 0 Å². The smallest absolute Gasteiger partial charge is 0.309 e. The van der Waals surface area contributed by atoms with Crippen molar-refractivity contribution in [2.45, 2.75) is 46.1 Å². The number of hydrogen-bond acceptors (Lipinski definition) is 4. The van der Waals surface area contributed by atoms with Crippen LogP contribution in [0.5, 0.6) is 0 Å². The van der Waals surface area contributed by atoms with Crippen molar-refractivity contribution in [2.75, 3.05) is 12.4 Å².